The van der Waals surface area contributed by atoms with Crippen LogP contribution in [0.2, 0.25) is 0 Å². The van der Waals surface area contributed by atoms with Crippen molar-refractivity contribution in [1.29, 1.82) is 0 Å². The van der Waals surface area contributed by atoms with Gasteiger partial charge in [-0.25, -0.2) is 0 Å². The van der Waals surface area contributed by atoms with Crippen LogP contribution in [-0.4, -0.2) is 22.9 Å². The fraction of sp³-hybridized carbons (Fsp3) is 0.158. The highest BCUT2D eigenvalue weighted by atomic mass is 16.5. The van der Waals surface area contributed by atoms with E-state index < -0.39 is 0 Å². The van der Waals surface area contributed by atoms with Crippen molar-refractivity contribution in [3.63, 3.8) is 0 Å². The van der Waals surface area contributed by atoms with Crippen LogP contribution in [0, 0.1) is 6.92 Å². The van der Waals surface area contributed by atoms with E-state index in [4.69, 9.17) is 4.74 Å². The molecule has 0 fully saturated rings. The molecule has 5 heteroatoms. The number of nitrogens with one attached hydrogen (secondary N) is 1. The number of aryl methyl sites for hydroxylation is 1. The highest BCUT2D eigenvalue weighted by molar-refractivity contribution is 5.92. The van der Waals surface area contributed by atoms with Crippen LogP contribution in [0.4, 0.5) is 5.69 Å². The third kappa shape index (κ3) is 3.46. The van der Waals surface area contributed by atoms with Crippen LogP contribution in [-0.2, 0) is 0 Å². The van der Waals surface area contributed by atoms with Crippen LogP contribution in [0.1, 0.15) is 18.2 Å². The second kappa shape index (κ2) is 7.00. The summed E-state index contributed by atoms with van der Waals surface area (Å²) in [4.78, 5) is 4.51. The molecule has 122 valence electrons. The molecule has 0 saturated carbocycles. The van der Waals surface area contributed by atoms with Crippen molar-refractivity contribution < 1.29 is 9.84 Å². The Morgan fingerprint density at radius 2 is 2.04 bits per heavy atom. The van der Waals surface area contributed by atoms with Crippen LogP contribution in [0.3, 0.4) is 0 Å². The molecule has 5 nitrogen and oxygen atoms in total. The van der Waals surface area contributed by atoms with Gasteiger partial charge in [-0.1, -0.05) is 18.2 Å². The molecule has 0 saturated heterocycles. The molecule has 0 amide bonds. The third-order valence-corrected chi connectivity index (χ3v) is 3.53. The Morgan fingerprint density at radius 3 is 2.88 bits per heavy atom. The summed E-state index contributed by atoms with van der Waals surface area (Å²) in [5, 5.41) is 15.0. The maximum atomic E-state index is 9.73. The van der Waals surface area contributed by atoms with Crippen molar-refractivity contribution in [2.24, 2.45) is 5.10 Å². The van der Waals surface area contributed by atoms with Gasteiger partial charge in [0.25, 0.3) is 0 Å². The number of fused-ring (bicyclic) bond motifs is 1. The summed E-state index contributed by atoms with van der Waals surface area (Å²) in [7, 11) is 0. The second-order valence-corrected chi connectivity index (χ2v) is 5.36. The largest absolute Gasteiger partial charge is 0.504 e. The third-order valence-electron chi connectivity index (χ3n) is 3.53. The predicted octanol–water partition coefficient (Wildman–Crippen LogP) is 4.09. The lowest BCUT2D eigenvalue weighted by Gasteiger charge is -2.07. The van der Waals surface area contributed by atoms with Crippen molar-refractivity contribution in [3.05, 3.63) is 59.8 Å². The number of para-hydroxylation sites is 1. The highest BCUT2D eigenvalue weighted by Gasteiger charge is 2.03. The van der Waals surface area contributed by atoms with E-state index in [0.29, 0.717) is 12.4 Å². The molecular weight excluding hydrogens is 302 g/mol. The zero-order chi connectivity index (χ0) is 16.9. The summed E-state index contributed by atoms with van der Waals surface area (Å²) in [6.45, 7) is 4.32. The van der Waals surface area contributed by atoms with Gasteiger partial charge in [-0.15, -0.1) is 0 Å². The number of hydrogen-bond donors (Lipinski definition) is 2. The van der Waals surface area contributed by atoms with E-state index in [1.807, 2.05) is 44.2 Å². The monoisotopic (exact) mass is 321 g/mol. The van der Waals surface area contributed by atoms with Crippen LogP contribution >= 0.6 is 0 Å². The molecule has 3 rings (SSSR count). The van der Waals surface area contributed by atoms with Crippen molar-refractivity contribution in [2.75, 3.05) is 12.0 Å². The van der Waals surface area contributed by atoms with Gasteiger partial charge in [-0.05, 0) is 49.7 Å². The van der Waals surface area contributed by atoms with Crippen LogP contribution in [0.5, 0.6) is 11.5 Å². The summed E-state index contributed by atoms with van der Waals surface area (Å²) in [5.41, 5.74) is 6.66. The van der Waals surface area contributed by atoms with Crippen LogP contribution in [0.15, 0.2) is 53.6 Å². The molecule has 0 radical (unpaired) electrons. The van der Waals surface area contributed by atoms with Gasteiger partial charge >= 0.3 is 0 Å². The number of aromatic hydroxyl groups is 1. The molecule has 2 N–H and O–H groups in total. The number of hydrazone groups is 1. The highest BCUT2D eigenvalue weighted by Crippen LogP contribution is 2.26. The van der Waals surface area contributed by atoms with Crippen LogP contribution in [0.25, 0.3) is 10.9 Å². The van der Waals surface area contributed by atoms with Crippen molar-refractivity contribution in [1.82, 2.24) is 4.98 Å². The van der Waals surface area contributed by atoms with E-state index in [1.165, 1.54) is 0 Å². The molecular formula is C19H19N3O2. The number of phenols is 1. The first kappa shape index (κ1) is 15.8. The normalized spacial score (nSPS) is 11.1. The number of phenolic OH excluding ortho intramolecular Hbond substituents is 1. The molecule has 1 heterocycles. The molecule has 0 unspecified atom stereocenters. The summed E-state index contributed by atoms with van der Waals surface area (Å²) < 4.78 is 5.37. The standard InChI is InChI=1S/C19H19N3O2/c1-3-24-19-11-14(8-9-18(19)23)12-20-22-17-10-13(2)21-16-7-5-4-6-15(16)17/h4-12,23H,3H2,1-2H3,(H,21,22)/b20-12+. The average molecular weight is 321 g/mol. The van der Waals surface area contributed by atoms with Gasteiger partial charge < -0.3 is 9.84 Å². The molecule has 0 bridgehead atoms. The number of pyridine rings is 1. The molecule has 0 aliphatic rings. The lowest BCUT2D eigenvalue weighted by molar-refractivity contribution is 0.318. The number of ether oxygens (including phenoxy) is 1. The number of hydrogen-bond acceptors (Lipinski definition) is 5. The van der Waals surface area contributed by atoms with E-state index in [9.17, 15) is 5.11 Å². The van der Waals surface area contributed by atoms with E-state index in [-0.39, 0.29) is 5.75 Å². The Balaban J connectivity index is 1.83. The first-order valence-electron chi connectivity index (χ1n) is 7.78. The van der Waals surface area contributed by atoms with Gasteiger partial charge in [0.15, 0.2) is 11.5 Å². The molecule has 0 spiro atoms. The molecule has 24 heavy (non-hydrogen) atoms. The lowest BCUT2D eigenvalue weighted by atomic mass is 10.1. The quantitative estimate of drug-likeness (QED) is 0.548. The topological polar surface area (TPSA) is 66.7 Å². The zero-order valence-corrected chi connectivity index (χ0v) is 13.7. The Bertz CT molecular complexity index is 891. The smallest absolute Gasteiger partial charge is 0.161 e. The summed E-state index contributed by atoms with van der Waals surface area (Å²) >= 11 is 0. The number of anilines is 1. The van der Waals surface area contributed by atoms with Gasteiger partial charge in [-0.2, -0.15) is 5.10 Å². The van der Waals surface area contributed by atoms with Gasteiger partial charge in [0.1, 0.15) is 0 Å². The minimum absolute atomic E-state index is 0.123. The fourth-order valence-corrected chi connectivity index (χ4v) is 2.46. The minimum atomic E-state index is 0.123. The predicted molar refractivity (Wildman–Crippen MR) is 97.0 cm³/mol. The zero-order valence-electron chi connectivity index (χ0n) is 13.7. The Kier molecular flexibility index (Phi) is 4.61. The molecule has 0 aliphatic heterocycles. The summed E-state index contributed by atoms with van der Waals surface area (Å²) in [6.07, 6.45) is 1.69. The Hall–Kier alpha value is -3.08. The molecule has 2 aromatic carbocycles. The maximum Gasteiger partial charge on any atom is 0.161 e. The van der Waals surface area contributed by atoms with Gasteiger partial charge in [0.05, 0.1) is 24.0 Å². The molecule has 1 aromatic heterocycles. The fourth-order valence-electron chi connectivity index (χ4n) is 2.46. The van der Waals surface area contributed by atoms with Crippen molar-refractivity contribution >= 4 is 22.8 Å². The molecule has 0 aliphatic carbocycles. The van der Waals surface area contributed by atoms with E-state index in [2.05, 4.69) is 15.5 Å². The van der Waals surface area contributed by atoms with Crippen molar-refractivity contribution in [3.8, 4) is 11.5 Å². The number of rotatable bonds is 5. The van der Waals surface area contributed by atoms with Crippen LogP contribution < -0.4 is 10.2 Å². The minimum Gasteiger partial charge on any atom is -0.504 e. The summed E-state index contributed by atoms with van der Waals surface area (Å²) in [6, 6.07) is 15.0. The molecule has 3 aromatic rings. The van der Waals surface area contributed by atoms with Crippen molar-refractivity contribution in [2.45, 2.75) is 13.8 Å². The second-order valence-electron chi connectivity index (χ2n) is 5.36. The number of nitrogens with zero attached hydrogens (tertiary/aromatic N) is 2. The Morgan fingerprint density at radius 1 is 1.21 bits per heavy atom. The molecule has 0 atom stereocenters. The van der Waals surface area contributed by atoms with Gasteiger partial charge in [-0.3, -0.25) is 10.4 Å². The van der Waals surface area contributed by atoms with E-state index in [1.54, 1.807) is 24.4 Å². The van der Waals surface area contributed by atoms with E-state index >= 15 is 0 Å². The maximum absolute atomic E-state index is 9.73. The first-order valence-corrected chi connectivity index (χ1v) is 7.78. The first-order chi connectivity index (χ1) is 11.7. The number of benzene rings is 2. The average Bonchev–Trinajstić information content (AvgIpc) is 2.57. The SMILES string of the molecule is CCOc1cc(/C=N/Nc2cc(C)nc3ccccc23)ccc1O. The van der Waals surface area contributed by atoms with Gasteiger partial charge in [0, 0.05) is 11.1 Å². The van der Waals surface area contributed by atoms with Gasteiger partial charge in [0.2, 0.25) is 0 Å². The number of aromatic nitrogens is 1. The Labute approximate surface area is 140 Å². The van der Waals surface area contributed by atoms with E-state index in [0.717, 1.165) is 27.8 Å². The lowest BCUT2D eigenvalue weighted by Crippen LogP contribution is -1.96. The summed E-state index contributed by atoms with van der Waals surface area (Å²) in [5.74, 6) is 0.573.